The number of phosphoric acid groups is 1. The number of likely N-dealkylation sites (N-methyl/N-ethyl adjacent to an activating group) is 1. The van der Waals surface area contributed by atoms with E-state index in [2.05, 4.69) is 12.2 Å². The van der Waals surface area contributed by atoms with Gasteiger partial charge in [-0.05, 0) is 12.8 Å². The molecule has 3 unspecified atom stereocenters. The monoisotopic (exact) mass is 494 g/mol. The Bertz CT molecular complexity index is 542. The van der Waals surface area contributed by atoms with Crippen LogP contribution < -0.4 is 10.2 Å². The number of aliphatic hydroxyl groups is 1. The van der Waals surface area contributed by atoms with Gasteiger partial charge in [-0.3, -0.25) is 9.36 Å². The molecule has 0 aliphatic heterocycles. The molecule has 0 saturated heterocycles. The zero-order chi connectivity index (χ0) is 25.2. The number of quaternary nitrogens is 1. The molecule has 0 rings (SSSR count). The molecule has 33 heavy (non-hydrogen) atoms. The van der Waals surface area contributed by atoms with E-state index in [0.717, 1.165) is 32.1 Å². The van der Waals surface area contributed by atoms with E-state index < -0.39 is 20.0 Å². The maximum atomic E-state index is 12.2. The highest BCUT2D eigenvalue weighted by atomic mass is 31.2. The highest BCUT2D eigenvalue weighted by Crippen LogP contribution is 2.38. The van der Waals surface area contributed by atoms with Gasteiger partial charge >= 0.3 is 0 Å². The number of amides is 1. The molecule has 0 aliphatic rings. The second kappa shape index (κ2) is 18.8. The predicted molar refractivity (Wildman–Crippen MR) is 132 cm³/mol. The Morgan fingerprint density at radius 2 is 1.48 bits per heavy atom. The van der Waals surface area contributed by atoms with Gasteiger partial charge in [-0.2, -0.15) is 0 Å². The molecule has 0 aromatic heterocycles. The average molecular weight is 495 g/mol. The SMILES string of the molecule is CCCCCCCCCCCC(O)C(COP(=O)([O-])OCC[N+](C)(C)C)NC(=O)CCCC. The van der Waals surface area contributed by atoms with E-state index in [4.69, 9.17) is 9.05 Å². The standard InChI is InChI=1S/C24H51N2O6P/c1-6-8-10-11-12-13-14-15-16-17-23(27)22(25-24(28)18-9-7-2)21-32-33(29,30)31-20-19-26(3,4)5/h22-23,27H,6-21H2,1-5H3,(H-,25,28,29,30). The van der Waals surface area contributed by atoms with Crippen LogP contribution in [0.15, 0.2) is 0 Å². The van der Waals surface area contributed by atoms with E-state index >= 15 is 0 Å². The van der Waals surface area contributed by atoms with Crippen LogP contribution in [0.5, 0.6) is 0 Å². The van der Waals surface area contributed by atoms with Crippen molar-refractivity contribution < 1.29 is 32.9 Å². The normalized spacial score (nSPS) is 15.7. The topological polar surface area (TPSA) is 108 Å². The number of aliphatic hydroxyl groups excluding tert-OH is 1. The summed E-state index contributed by atoms with van der Waals surface area (Å²) >= 11 is 0. The van der Waals surface area contributed by atoms with E-state index in [1.807, 2.05) is 28.1 Å². The van der Waals surface area contributed by atoms with E-state index in [-0.39, 0.29) is 19.1 Å². The molecule has 8 nitrogen and oxygen atoms in total. The molecule has 198 valence electrons. The third kappa shape index (κ3) is 20.6. The Morgan fingerprint density at radius 3 is 2.03 bits per heavy atom. The van der Waals surface area contributed by atoms with Crippen LogP contribution in [-0.2, 0) is 18.4 Å². The van der Waals surface area contributed by atoms with Crippen molar-refractivity contribution in [1.29, 1.82) is 0 Å². The molecular weight excluding hydrogens is 443 g/mol. The fraction of sp³-hybridized carbons (Fsp3) is 0.958. The number of carbonyl (C=O) groups is 1. The zero-order valence-corrected chi connectivity index (χ0v) is 22.7. The lowest BCUT2D eigenvalue weighted by atomic mass is 10.0. The first-order chi connectivity index (χ1) is 15.5. The maximum absolute atomic E-state index is 12.2. The third-order valence-electron chi connectivity index (χ3n) is 5.60. The van der Waals surface area contributed by atoms with Gasteiger partial charge in [0.2, 0.25) is 5.91 Å². The fourth-order valence-electron chi connectivity index (χ4n) is 3.37. The number of nitrogens with one attached hydrogen (secondary N) is 1. The molecule has 2 N–H and O–H groups in total. The smallest absolute Gasteiger partial charge is 0.268 e. The van der Waals surface area contributed by atoms with Gasteiger partial charge in [0.25, 0.3) is 7.82 Å². The number of nitrogens with zero attached hydrogens (tertiary/aromatic N) is 1. The molecule has 3 atom stereocenters. The first kappa shape index (κ1) is 32.5. The first-order valence-corrected chi connectivity index (χ1v) is 14.3. The number of phosphoric ester groups is 1. The van der Waals surface area contributed by atoms with E-state index in [1.165, 1.54) is 38.5 Å². The zero-order valence-electron chi connectivity index (χ0n) is 21.9. The molecule has 0 saturated carbocycles. The summed E-state index contributed by atoms with van der Waals surface area (Å²) in [5.41, 5.74) is 0. The van der Waals surface area contributed by atoms with Crippen LogP contribution in [0.2, 0.25) is 0 Å². The average Bonchev–Trinajstić information content (AvgIpc) is 2.72. The van der Waals surface area contributed by atoms with Crippen molar-refractivity contribution in [3.05, 3.63) is 0 Å². The highest BCUT2D eigenvalue weighted by molar-refractivity contribution is 7.45. The number of hydrogen-bond donors (Lipinski definition) is 2. The van der Waals surface area contributed by atoms with Crippen LogP contribution in [0, 0.1) is 0 Å². The number of hydrogen-bond acceptors (Lipinski definition) is 6. The molecule has 9 heteroatoms. The van der Waals surface area contributed by atoms with Crippen molar-refractivity contribution in [3.63, 3.8) is 0 Å². The summed E-state index contributed by atoms with van der Waals surface area (Å²) in [7, 11) is 1.29. The quantitative estimate of drug-likeness (QED) is 0.133. The summed E-state index contributed by atoms with van der Waals surface area (Å²) in [6.45, 7) is 4.40. The van der Waals surface area contributed by atoms with Crippen molar-refractivity contribution in [3.8, 4) is 0 Å². The van der Waals surface area contributed by atoms with Gasteiger partial charge in [0.05, 0.1) is 39.9 Å². The van der Waals surface area contributed by atoms with Crippen LogP contribution in [0.1, 0.15) is 97.3 Å². The van der Waals surface area contributed by atoms with E-state index in [9.17, 15) is 19.4 Å². The molecule has 0 aromatic rings. The third-order valence-corrected chi connectivity index (χ3v) is 6.56. The Morgan fingerprint density at radius 1 is 0.939 bits per heavy atom. The van der Waals surface area contributed by atoms with Crippen molar-refractivity contribution in [2.75, 3.05) is 40.9 Å². The molecule has 0 spiro atoms. The van der Waals surface area contributed by atoms with Gasteiger partial charge in [-0.1, -0.05) is 78.1 Å². The second-order valence-electron chi connectivity index (χ2n) is 10.1. The van der Waals surface area contributed by atoms with Crippen LogP contribution in [-0.4, -0.2) is 68.5 Å². The molecule has 0 heterocycles. The highest BCUT2D eigenvalue weighted by Gasteiger charge is 2.24. The molecule has 0 aliphatic carbocycles. The van der Waals surface area contributed by atoms with Gasteiger partial charge < -0.3 is 28.8 Å². The summed E-state index contributed by atoms with van der Waals surface area (Å²) < 4.78 is 22.6. The number of rotatable bonds is 22. The van der Waals surface area contributed by atoms with Crippen LogP contribution in [0.4, 0.5) is 0 Å². The van der Waals surface area contributed by atoms with Gasteiger partial charge in [0, 0.05) is 6.42 Å². The Hall–Kier alpha value is -0.500. The van der Waals surface area contributed by atoms with Crippen LogP contribution >= 0.6 is 7.82 Å². The largest absolute Gasteiger partial charge is 0.756 e. The van der Waals surface area contributed by atoms with Gasteiger partial charge in [0.1, 0.15) is 13.2 Å². The lowest BCUT2D eigenvalue weighted by Gasteiger charge is -2.30. The minimum atomic E-state index is -4.51. The van der Waals surface area contributed by atoms with Crippen molar-refractivity contribution in [1.82, 2.24) is 5.32 Å². The van der Waals surface area contributed by atoms with E-state index in [0.29, 0.717) is 23.9 Å². The summed E-state index contributed by atoms with van der Waals surface area (Å²) in [5.74, 6) is -0.205. The van der Waals surface area contributed by atoms with Gasteiger partial charge in [-0.15, -0.1) is 0 Å². The summed E-state index contributed by atoms with van der Waals surface area (Å²) in [4.78, 5) is 24.3. The second-order valence-corrected chi connectivity index (χ2v) is 11.5. The minimum Gasteiger partial charge on any atom is -0.756 e. The van der Waals surface area contributed by atoms with Crippen LogP contribution in [0.25, 0.3) is 0 Å². The van der Waals surface area contributed by atoms with Gasteiger partial charge in [-0.25, -0.2) is 0 Å². The summed E-state index contributed by atoms with van der Waals surface area (Å²) in [6.07, 6.45) is 12.1. The Balaban J connectivity index is 4.51. The van der Waals surface area contributed by atoms with Crippen molar-refractivity contribution >= 4 is 13.7 Å². The lowest BCUT2D eigenvalue weighted by molar-refractivity contribution is -0.870. The summed E-state index contributed by atoms with van der Waals surface area (Å²) in [5, 5.41) is 13.4. The molecule has 0 radical (unpaired) electrons. The number of unbranched alkanes of at least 4 members (excludes halogenated alkanes) is 9. The Kier molecular flexibility index (Phi) is 18.5. The maximum Gasteiger partial charge on any atom is 0.268 e. The minimum absolute atomic E-state index is 0.0127. The van der Waals surface area contributed by atoms with Crippen LogP contribution in [0.3, 0.4) is 0 Å². The summed E-state index contributed by atoms with van der Waals surface area (Å²) in [6, 6.07) is -0.785. The molecule has 0 fully saturated rings. The van der Waals surface area contributed by atoms with Gasteiger partial charge in [0.15, 0.2) is 0 Å². The predicted octanol–water partition coefficient (Wildman–Crippen LogP) is 4.15. The van der Waals surface area contributed by atoms with Crippen molar-refractivity contribution in [2.45, 2.75) is 109 Å². The van der Waals surface area contributed by atoms with Crippen molar-refractivity contribution in [2.24, 2.45) is 0 Å². The van der Waals surface area contributed by atoms with E-state index in [1.54, 1.807) is 0 Å². The first-order valence-electron chi connectivity index (χ1n) is 12.9. The Labute approximate surface area is 202 Å². The lowest BCUT2D eigenvalue weighted by Crippen LogP contribution is -2.46. The number of carbonyl (C=O) groups excluding carboxylic acids is 1. The molecule has 0 aromatic carbocycles. The molecule has 1 amide bonds. The fourth-order valence-corrected chi connectivity index (χ4v) is 4.09. The molecule has 0 bridgehead atoms. The molecular formula is C24H51N2O6P.